The van der Waals surface area contributed by atoms with Crippen LogP contribution in [-0.2, 0) is 6.42 Å². The van der Waals surface area contributed by atoms with Crippen molar-refractivity contribution in [3.8, 4) is 11.1 Å². The molecule has 17 heavy (non-hydrogen) atoms. The number of hydrogen-bond donors (Lipinski definition) is 0. The lowest BCUT2D eigenvalue weighted by Crippen LogP contribution is -1.80. The van der Waals surface area contributed by atoms with Gasteiger partial charge in [0.15, 0.2) is 0 Å². The molecule has 0 amide bonds. The van der Waals surface area contributed by atoms with Crippen molar-refractivity contribution in [3.05, 3.63) is 59.2 Å². The molecule has 0 bridgehead atoms. The molecule has 0 fully saturated rings. The summed E-state index contributed by atoms with van der Waals surface area (Å²) in [6, 6.07) is 15.4. The second-order valence-electron chi connectivity index (χ2n) is 3.99. The minimum Gasteiger partial charge on any atom is -0.0776 e. The molecule has 0 heterocycles. The molecule has 0 saturated carbocycles. The molecule has 0 radical (unpaired) electrons. The topological polar surface area (TPSA) is 0 Å². The highest BCUT2D eigenvalue weighted by Gasteiger charge is 2.16. The number of benzene rings is 2. The van der Waals surface area contributed by atoms with Crippen molar-refractivity contribution in [2.75, 3.05) is 0 Å². The minimum atomic E-state index is 0. The van der Waals surface area contributed by atoms with Gasteiger partial charge in [-0.15, -0.1) is 0 Å². The van der Waals surface area contributed by atoms with E-state index >= 15 is 0 Å². The van der Waals surface area contributed by atoms with Gasteiger partial charge < -0.3 is 0 Å². The zero-order valence-electron chi connectivity index (χ0n) is 10.2. The third-order valence-corrected chi connectivity index (χ3v) is 2.95. The third-order valence-electron chi connectivity index (χ3n) is 2.95. The molecule has 0 N–H and O–H groups in total. The van der Waals surface area contributed by atoms with Gasteiger partial charge in [-0.1, -0.05) is 69.3 Å². The summed E-state index contributed by atoms with van der Waals surface area (Å²) < 4.78 is 0. The average Bonchev–Trinajstić information content (AvgIpc) is 2.70. The number of aryl methyl sites for hydroxylation is 1. The standard InChI is InChI=1S/C14H12.C2H6.CH4/c1-10-6-7-12-9-11-4-2-3-5-13(11)14(12)8-10;1-2;/h2-8H,9H2,1H3;1-2H3;1H4. The molecule has 0 atom stereocenters. The quantitative estimate of drug-likeness (QED) is 0.492. The molecule has 0 aromatic heterocycles. The summed E-state index contributed by atoms with van der Waals surface area (Å²) in [7, 11) is 0. The van der Waals surface area contributed by atoms with Crippen LogP contribution in [0.1, 0.15) is 38.0 Å². The summed E-state index contributed by atoms with van der Waals surface area (Å²) in [5.41, 5.74) is 7.14. The monoisotopic (exact) mass is 226 g/mol. The van der Waals surface area contributed by atoms with Crippen LogP contribution >= 0.6 is 0 Å². The Balaban J connectivity index is 0.000000459. The zero-order chi connectivity index (χ0) is 11.5. The average molecular weight is 226 g/mol. The molecule has 2 aromatic carbocycles. The highest BCUT2D eigenvalue weighted by molar-refractivity contribution is 5.77. The maximum Gasteiger partial charge on any atom is -0.00135 e. The van der Waals surface area contributed by atoms with E-state index in [9.17, 15) is 0 Å². The summed E-state index contributed by atoms with van der Waals surface area (Å²) in [6.45, 7) is 6.15. The Morgan fingerprint density at radius 2 is 1.47 bits per heavy atom. The van der Waals surface area contributed by atoms with E-state index < -0.39 is 0 Å². The van der Waals surface area contributed by atoms with Crippen molar-refractivity contribution in [1.29, 1.82) is 0 Å². The van der Waals surface area contributed by atoms with Crippen LogP contribution in [-0.4, -0.2) is 0 Å². The van der Waals surface area contributed by atoms with E-state index in [-0.39, 0.29) is 7.43 Å². The van der Waals surface area contributed by atoms with Crippen molar-refractivity contribution >= 4 is 0 Å². The van der Waals surface area contributed by atoms with Crippen molar-refractivity contribution in [2.24, 2.45) is 0 Å². The summed E-state index contributed by atoms with van der Waals surface area (Å²) in [5.74, 6) is 0. The van der Waals surface area contributed by atoms with Gasteiger partial charge in [0.05, 0.1) is 0 Å². The molecule has 0 nitrogen and oxygen atoms in total. The number of rotatable bonds is 0. The molecular formula is C17H22. The molecule has 1 aliphatic carbocycles. The van der Waals surface area contributed by atoms with Crippen LogP contribution in [0.15, 0.2) is 42.5 Å². The van der Waals surface area contributed by atoms with E-state index in [2.05, 4.69) is 49.4 Å². The Morgan fingerprint density at radius 3 is 2.24 bits per heavy atom. The van der Waals surface area contributed by atoms with Crippen LogP contribution in [0.3, 0.4) is 0 Å². The molecule has 0 unspecified atom stereocenters. The summed E-state index contributed by atoms with van der Waals surface area (Å²) in [4.78, 5) is 0. The molecule has 90 valence electrons. The second-order valence-corrected chi connectivity index (χ2v) is 3.99. The van der Waals surface area contributed by atoms with Gasteiger partial charge in [0.1, 0.15) is 0 Å². The fourth-order valence-corrected chi connectivity index (χ4v) is 2.24. The van der Waals surface area contributed by atoms with E-state index in [0.29, 0.717) is 0 Å². The van der Waals surface area contributed by atoms with Gasteiger partial charge in [-0.3, -0.25) is 0 Å². The van der Waals surface area contributed by atoms with Crippen LogP contribution in [0.4, 0.5) is 0 Å². The molecule has 0 saturated heterocycles. The normalized spacial score (nSPS) is 10.5. The molecule has 2 aromatic rings. The molecule has 1 aliphatic rings. The fraction of sp³-hybridized carbons (Fsp3) is 0.294. The summed E-state index contributed by atoms with van der Waals surface area (Å²) >= 11 is 0. The van der Waals surface area contributed by atoms with Gasteiger partial charge in [-0.05, 0) is 35.6 Å². The summed E-state index contributed by atoms with van der Waals surface area (Å²) in [5, 5.41) is 0. The molecule has 0 aliphatic heterocycles. The first-order chi connectivity index (χ1) is 7.84. The Morgan fingerprint density at radius 1 is 0.824 bits per heavy atom. The first-order valence-electron chi connectivity index (χ1n) is 6.02. The van der Waals surface area contributed by atoms with E-state index in [1.54, 1.807) is 0 Å². The van der Waals surface area contributed by atoms with E-state index in [1.165, 1.54) is 27.8 Å². The Kier molecular flexibility index (Phi) is 4.51. The highest BCUT2D eigenvalue weighted by Crippen LogP contribution is 2.36. The molecular weight excluding hydrogens is 204 g/mol. The largest absolute Gasteiger partial charge is 0.0776 e. The third kappa shape index (κ3) is 2.41. The van der Waals surface area contributed by atoms with Gasteiger partial charge in [-0.25, -0.2) is 0 Å². The smallest absolute Gasteiger partial charge is 0.00135 e. The maximum absolute atomic E-state index is 2.29. The van der Waals surface area contributed by atoms with Crippen molar-refractivity contribution in [2.45, 2.75) is 34.6 Å². The molecule has 0 spiro atoms. The SMILES string of the molecule is C.CC.Cc1ccc2c(c1)-c1ccccc1C2. The zero-order valence-corrected chi connectivity index (χ0v) is 10.2. The molecule has 3 rings (SSSR count). The summed E-state index contributed by atoms with van der Waals surface area (Å²) in [6.07, 6.45) is 1.10. The van der Waals surface area contributed by atoms with E-state index in [0.717, 1.165) is 6.42 Å². The predicted molar refractivity (Wildman–Crippen MR) is 77.5 cm³/mol. The Labute approximate surface area is 105 Å². The Bertz CT molecular complexity index is 495. The van der Waals surface area contributed by atoms with E-state index in [4.69, 9.17) is 0 Å². The van der Waals surface area contributed by atoms with E-state index in [1.807, 2.05) is 13.8 Å². The van der Waals surface area contributed by atoms with Crippen LogP contribution < -0.4 is 0 Å². The van der Waals surface area contributed by atoms with Crippen LogP contribution in [0.25, 0.3) is 11.1 Å². The van der Waals surface area contributed by atoms with Gasteiger partial charge in [0.25, 0.3) is 0 Å². The highest BCUT2D eigenvalue weighted by atomic mass is 14.2. The van der Waals surface area contributed by atoms with Crippen LogP contribution in [0, 0.1) is 6.92 Å². The first kappa shape index (κ1) is 13.5. The van der Waals surface area contributed by atoms with Crippen LogP contribution in [0.5, 0.6) is 0 Å². The second kappa shape index (κ2) is 5.67. The lowest BCUT2D eigenvalue weighted by atomic mass is 10.0. The first-order valence-corrected chi connectivity index (χ1v) is 6.02. The van der Waals surface area contributed by atoms with Gasteiger partial charge in [-0.2, -0.15) is 0 Å². The Hall–Kier alpha value is -1.56. The maximum atomic E-state index is 2.29. The van der Waals surface area contributed by atoms with Gasteiger partial charge >= 0.3 is 0 Å². The lowest BCUT2D eigenvalue weighted by Gasteiger charge is -2.01. The minimum absolute atomic E-state index is 0. The van der Waals surface area contributed by atoms with Gasteiger partial charge in [0, 0.05) is 0 Å². The molecule has 0 heteroatoms. The predicted octanol–water partition coefficient (Wildman–Crippen LogP) is 5.23. The number of hydrogen-bond acceptors (Lipinski definition) is 0. The number of fused-ring (bicyclic) bond motifs is 3. The van der Waals surface area contributed by atoms with Crippen molar-refractivity contribution in [3.63, 3.8) is 0 Å². The lowest BCUT2D eigenvalue weighted by molar-refractivity contribution is 1.26. The van der Waals surface area contributed by atoms with Crippen molar-refractivity contribution in [1.82, 2.24) is 0 Å². The fourth-order valence-electron chi connectivity index (χ4n) is 2.24. The van der Waals surface area contributed by atoms with Crippen LogP contribution in [0.2, 0.25) is 0 Å². The van der Waals surface area contributed by atoms with Gasteiger partial charge in [0.2, 0.25) is 0 Å². The van der Waals surface area contributed by atoms with Crippen molar-refractivity contribution < 1.29 is 0 Å².